The van der Waals surface area contributed by atoms with E-state index in [1.807, 2.05) is 25.7 Å². The van der Waals surface area contributed by atoms with E-state index in [-0.39, 0.29) is 36.1 Å². The van der Waals surface area contributed by atoms with Gasteiger partial charge in [-0.25, -0.2) is 9.78 Å². The minimum absolute atomic E-state index is 0.0205. The van der Waals surface area contributed by atoms with Crippen molar-refractivity contribution in [3.8, 4) is 23.1 Å². The number of oxazole rings is 1. The first-order valence-corrected chi connectivity index (χ1v) is 12.3. The highest BCUT2D eigenvalue weighted by Gasteiger charge is 2.43. The van der Waals surface area contributed by atoms with Crippen LogP contribution in [-0.2, 0) is 9.47 Å². The molecule has 1 atom stereocenters. The van der Waals surface area contributed by atoms with Crippen molar-refractivity contribution >= 4 is 12.0 Å². The third-order valence-electron chi connectivity index (χ3n) is 6.35. The summed E-state index contributed by atoms with van der Waals surface area (Å²) < 4.78 is 22.6. The fraction of sp³-hybridized carbons (Fsp3) is 0.538. The predicted molar refractivity (Wildman–Crippen MR) is 127 cm³/mol. The van der Waals surface area contributed by atoms with Crippen molar-refractivity contribution in [1.29, 1.82) is 5.26 Å². The summed E-state index contributed by atoms with van der Waals surface area (Å²) in [6.45, 7) is 7.44. The smallest absolute Gasteiger partial charge is 0.410 e. The van der Waals surface area contributed by atoms with Gasteiger partial charge in [0.1, 0.15) is 17.5 Å². The number of amides is 2. The molecule has 2 saturated heterocycles. The van der Waals surface area contributed by atoms with Crippen molar-refractivity contribution < 1.29 is 28.2 Å². The summed E-state index contributed by atoms with van der Waals surface area (Å²) in [5.74, 6) is 0.572. The molecule has 5 rings (SSSR count). The summed E-state index contributed by atoms with van der Waals surface area (Å²) >= 11 is 0. The average Bonchev–Trinajstić information content (AvgIpc) is 3.30. The Hall–Kier alpha value is -3.58. The number of nitriles is 1. The lowest BCUT2D eigenvalue weighted by atomic mass is 10.1. The van der Waals surface area contributed by atoms with Gasteiger partial charge in [0, 0.05) is 19.1 Å². The van der Waals surface area contributed by atoms with E-state index in [0.29, 0.717) is 55.4 Å². The number of nitrogens with zero attached hydrogens (tertiary/aromatic N) is 4. The molecule has 190 valence electrons. The molecule has 3 heterocycles. The third-order valence-corrected chi connectivity index (χ3v) is 6.35. The highest BCUT2D eigenvalue weighted by molar-refractivity contribution is 5.91. The second-order valence-electron chi connectivity index (χ2n) is 10.4. The van der Waals surface area contributed by atoms with E-state index in [1.165, 1.54) is 6.20 Å². The van der Waals surface area contributed by atoms with Crippen LogP contribution in [0.15, 0.2) is 28.8 Å². The van der Waals surface area contributed by atoms with Crippen LogP contribution in [0.1, 0.15) is 56.3 Å². The van der Waals surface area contributed by atoms with E-state index in [2.05, 4.69) is 11.1 Å². The Kier molecular flexibility index (Phi) is 6.35. The van der Waals surface area contributed by atoms with Gasteiger partial charge in [-0.3, -0.25) is 4.79 Å². The van der Waals surface area contributed by atoms with Crippen LogP contribution in [0.2, 0.25) is 0 Å². The molecular weight excluding hydrogens is 464 g/mol. The SMILES string of the molecule is CC(C)(C)OC(=O)N1CC[C@@H](N(C(=O)c2ncc(-c3cc(C#N)ccc3OC3COC3)o2)C2CC2)C1. The van der Waals surface area contributed by atoms with E-state index in [0.717, 1.165) is 12.8 Å². The van der Waals surface area contributed by atoms with Crippen molar-refractivity contribution in [2.75, 3.05) is 26.3 Å². The van der Waals surface area contributed by atoms with Gasteiger partial charge in [0.25, 0.3) is 5.89 Å². The molecule has 2 amide bonds. The molecular formula is C26H30N4O6. The van der Waals surface area contributed by atoms with Crippen molar-refractivity contribution in [3.05, 3.63) is 35.9 Å². The van der Waals surface area contributed by atoms with Crippen LogP contribution in [0.3, 0.4) is 0 Å². The number of likely N-dealkylation sites (tertiary alicyclic amines) is 1. The molecule has 0 N–H and O–H groups in total. The lowest BCUT2D eigenvalue weighted by Crippen LogP contribution is -2.44. The molecule has 36 heavy (non-hydrogen) atoms. The predicted octanol–water partition coefficient (Wildman–Crippen LogP) is 3.60. The first-order chi connectivity index (χ1) is 17.2. The molecule has 10 heteroatoms. The quantitative estimate of drug-likeness (QED) is 0.598. The number of hydrogen-bond acceptors (Lipinski definition) is 8. The molecule has 1 saturated carbocycles. The first kappa shape index (κ1) is 24.1. The zero-order valence-electron chi connectivity index (χ0n) is 20.7. The number of carbonyl (C=O) groups excluding carboxylic acids is 2. The molecule has 1 aliphatic carbocycles. The van der Waals surface area contributed by atoms with Gasteiger partial charge >= 0.3 is 12.0 Å². The largest absolute Gasteiger partial charge is 0.485 e. The van der Waals surface area contributed by atoms with Gasteiger partial charge in [-0.1, -0.05) is 0 Å². The third kappa shape index (κ3) is 5.16. The molecule has 10 nitrogen and oxygen atoms in total. The number of benzene rings is 1. The standard InChI is InChI=1S/C26H30N4O6/c1-26(2,3)36-25(32)29-9-8-18(13-29)30(17-5-6-17)24(31)23-28-12-22(35-23)20-10-16(11-27)4-7-21(20)34-19-14-33-15-19/h4,7,10,12,17-19H,5-6,8-9,13-15H2,1-3H3/t18-/m1/s1. The number of rotatable bonds is 6. The van der Waals surface area contributed by atoms with Gasteiger partial charge in [-0.15, -0.1) is 0 Å². The van der Waals surface area contributed by atoms with Crippen molar-refractivity contribution in [1.82, 2.24) is 14.8 Å². The van der Waals surface area contributed by atoms with Gasteiger partial charge in [0.05, 0.1) is 42.6 Å². The van der Waals surface area contributed by atoms with Crippen LogP contribution in [0.4, 0.5) is 4.79 Å². The Balaban J connectivity index is 1.34. The molecule has 0 spiro atoms. The number of ether oxygens (including phenoxy) is 3. The Labute approximate surface area is 209 Å². The van der Waals surface area contributed by atoms with Gasteiger partial charge in [0.2, 0.25) is 0 Å². The lowest BCUT2D eigenvalue weighted by Gasteiger charge is -2.29. The molecule has 0 unspecified atom stereocenters. The van der Waals surface area contributed by atoms with Crippen LogP contribution < -0.4 is 4.74 Å². The van der Waals surface area contributed by atoms with Crippen LogP contribution in [0.5, 0.6) is 5.75 Å². The normalized spacial score (nSPS) is 19.9. The van der Waals surface area contributed by atoms with Crippen molar-refractivity contribution in [3.63, 3.8) is 0 Å². The maximum Gasteiger partial charge on any atom is 0.410 e. The lowest BCUT2D eigenvalue weighted by molar-refractivity contribution is -0.0794. The van der Waals surface area contributed by atoms with Crippen LogP contribution in [-0.4, -0.2) is 76.9 Å². The highest BCUT2D eigenvalue weighted by Crippen LogP contribution is 2.36. The minimum atomic E-state index is -0.577. The average molecular weight is 495 g/mol. The van der Waals surface area contributed by atoms with Crippen LogP contribution in [0.25, 0.3) is 11.3 Å². The number of hydrogen-bond donors (Lipinski definition) is 0. The summed E-state index contributed by atoms with van der Waals surface area (Å²) in [6, 6.07) is 7.15. The minimum Gasteiger partial charge on any atom is -0.485 e. The molecule has 1 aromatic heterocycles. The maximum atomic E-state index is 13.5. The van der Waals surface area contributed by atoms with Crippen LogP contribution >= 0.6 is 0 Å². The Morgan fingerprint density at radius 2 is 1.97 bits per heavy atom. The van der Waals surface area contributed by atoms with E-state index in [1.54, 1.807) is 23.1 Å². The van der Waals surface area contributed by atoms with Crippen molar-refractivity contribution in [2.45, 2.75) is 63.8 Å². The summed E-state index contributed by atoms with van der Waals surface area (Å²) in [6.07, 6.45) is 3.54. The number of carbonyl (C=O) groups is 2. The zero-order chi connectivity index (χ0) is 25.4. The van der Waals surface area contributed by atoms with Gasteiger partial charge in [-0.2, -0.15) is 5.26 Å². The van der Waals surface area contributed by atoms with Gasteiger partial charge in [-0.05, 0) is 58.2 Å². The summed E-state index contributed by atoms with van der Waals surface area (Å²) in [5, 5.41) is 9.36. The van der Waals surface area contributed by atoms with Gasteiger partial charge < -0.3 is 28.4 Å². The maximum absolute atomic E-state index is 13.5. The first-order valence-electron chi connectivity index (χ1n) is 12.3. The summed E-state index contributed by atoms with van der Waals surface area (Å²) in [5.41, 5.74) is 0.425. The van der Waals surface area contributed by atoms with E-state index >= 15 is 0 Å². The van der Waals surface area contributed by atoms with Gasteiger partial charge in [0.15, 0.2) is 5.76 Å². The van der Waals surface area contributed by atoms with E-state index in [9.17, 15) is 14.9 Å². The van der Waals surface area contributed by atoms with Crippen molar-refractivity contribution in [2.24, 2.45) is 0 Å². The fourth-order valence-corrected chi connectivity index (χ4v) is 4.41. The highest BCUT2D eigenvalue weighted by atomic mass is 16.6. The monoisotopic (exact) mass is 494 g/mol. The molecule has 3 fully saturated rings. The molecule has 0 radical (unpaired) electrons. The zero-order valence-corrected chi connectivity index (χ0v) is 20.7. The van der Waals surface area contributed by atoms with E-state index < -0.39 is 5.60 Å². The van der Waals surface area contributed by atoms with E-state index in [4.69, 9.17) is 18.6 Å². The molecule has 1 aromatic carbocycles. The summed E-state index contributed by atoms with van der Waals surface area (Å²) in [4.78, 5) is 33.8. The topological polar surface area (TPSA) is 118 Å². The fourth-order valence-electron chi connectivity index (χ4n) is 4.41. The van der Waals surface area contributed by atoms with Crippen LogP contribution in [0, 0.1) is 11.3 Å². The Morgan fingerprint density at radius 1 is 1.19 bits per heavy atom. The second kappa shape index (κ2) is 9.47. The molecule has 2 aromatic rings. The number of aromatic nitrogens is 1. The summed E-state index contributed by atoms with van der Waals surface area (Å²) in [7, 11) is 0. The Bertz CT molecular complexity index is 1190. The second-order valence-corrected chi connectivity index (χ2v) is 10.4. The molecule has 3 aliphatic rings. The molecule has 2 aliphatic heterocycles. The molecule has 0 bridgehead atoms. The Morgan fingerprint density at radius 3 is 2.61 bits per heavy atom.